The zero-order chi connectivity index (χ0) is 11.9. The fourth-order valence-corrected chi connectivity index (χ4v) is 3.51. The average Bonchev–Trinajstić information content (AvgIpc) is 2.33. The van der Waals surface area contributed by atoms with Crippen LogP contribution in [0.4, 0.5) is 0 Å². The van der Waals surface area contributed by atoms with Gasteiger partial charge in [0.1, 0.15) is 0 Å². The summed E-state index contributed by atoms with van der Waals surface area (Å²) < 4.78 is 0. The zero-order valence-corrected chi connectivity index (χ0v) is 11.4. The molecule has 1 heterocycles. The van der Waals surface area contributed by atoms with Crippen LogP contribution in [0.5, 0.6) is 0 Å². The van der Waals surface area contributed by atoms with E-state index < -0.39 is 0 Å². The summed E-state index contributed by atoms with van der Waals surface area (Å²) in [5.74, 6) is 1.80. The van der Waals surface area contributed by atoms with Crippen LogP contribution in [0, 0.1) is 11.8 Å². The molecule has 0 aromatic carbocycles. The Hall–Kier alpha value is -0.0800. The van der Waals surface area contributed by atoms with Gasteiger partial charge in [0.25, 0.3) is 0 Å². The molecule has 0 aromatic heterocycles. The third-order valence-corrected chi connectivity index (χ3v) is 4.76. The van der Waals surface area contributed by atoms with E-state index in [0.717, 1.165) is 18.4 Å². The lowest BCUT2D eigenvalue weighted by molar-refractivity contribution is 0.171. The van der Waals surface area contributed by atoms with Crippen molar-refractivity contribution < 1.29 is 0 Å². The number of likely N-dealkylation sites (tertiary alicyclic amines) is 1. The Kier molecular flexibility index (Phi) is 5.79. The maximum Gasteiger partial charge on any atom is 0.000966 e. The highest BCUT2D eigenvalue weighted by Gasteiger charge is 2.22. The molecular weight excluding hydrogens is 208 g/mol. The van der Waals surface area contributed by atoms with E-state index in [9.17, 15) is 0 Å². The number of hydrogen-bond donors (Lipinski definition) is 1. The first-order valence-corrected chi connectivity index (χ1v) is 7.81. The summed E-state index contributed by atoms with van der Waals surface area (Å²) in [6.45, 7) is 5.00. The fraction of sp³-hybridized carbons (Fsp3) is 1.00. The quantitative estimate of drug-likeness (QED) is 0.819. The highest BCUT2D eigenvalue weighted by molar-refractivity contribution is 4.76. The molecule has 0 spiro atoms. The van der Waals surface area contributed by atoms with Crippen LogP contribution >= 0.6 is 0 Å². The third kappa shape index (κ3) is 4.59. The van der Waals surface area contributed by atoms with E-state index in [2.05, 4.69) is 4.90 Å². The van der Waals surface area contributed by atoms with Crippen molar-refractivity contribution in [1.82, 2.24) is 4.90 Å². The summed E-state index contributed by atoms with van der Waals surface area (Å²) in [6.07, 6.45) is 12.9. The minimum absolute atomic E-state index is 0.832. The van der Waals surface area contributed by atoms with Gasteiger partial charge in [0.2, 0.25) is 0 Å². The maximum atomic E-state index is 5.76. The van der Waals surface area contributed by atoms with Crippen molar-refractivity contribution in [2.45, 2.75) is 57.8 Å². The molecule has 0 radical (unpaired) electrons. The zero-order valence-electron chi connectivity index (χ0n) is 11.4. The van der Waals surface area contributed by atoms with Crippen molar-refractivity contribution in [2.75, 3.05) is 26.2 Å². The molecule has 2 N–H and O–H groups in total. The lowest BCUT2D eigenvalue weighted by Gasteiger charge is -2.33. The molecular formula is C15H30N2. The van der Waals surface area contributed by atoms with Crippen molar-refractivity contribution in [3.63, 3.8) is 0 Å². The lowest BCUT2D eigenvalue weighted by atomic mass is 9.82. The van der Waals surface area contributed by atoms with Gasteiger partial charge in [-0.1, -0.05) is 19.3 Å². The Morgan fingerprint density at radius 3 is 1.88 bits per heavy atom. The second-order valence-electron chi connectivity index (χ2n) is 6.19. The number of rotatable bonds is 3. The first-order valence-electron chi connectivity index (χ1n) is 7.81. The smallest absolute Gasteiger partial charge is 0.000966 e. The summed E-state index contributed by atoms with van der Waals surface area (Å²) >= 11 is 0. The van der Waals surface area contributed by atoms with Crippen molar-refractivity contribution in [3.8, 4) is 0 Å². The van der Waals surface area contributed by atoms with Gasteiger partial charge in [-0.3, -0.25) is 0 Å². The summed E-state index contributed by atoms with van der Waals surface area (Å²) in [4.78, 5) is 2.74. The minimum Gasteiger partial charge on any atom is -0.330 e. The molecule has 1 aliphatic carbocycles. The van der Waals surface area contributed by atoms with Gasteiger partial charge in [0.15, 0.2) is 0 Å². The molecule has 2 fully saturated rings. The Morgan fingerprint density at radius 1 is 0.765 bits per heavy atom. The van der Waals surface area contributed by atoms with Gasteiger partial charge in [-0.25, -0.2) is 0 Å². The van der Waals surface area contributed by atoms with Crippen LogP contribution in [0.25, 0.3) is 0 Å². The van der Waals surface area contributed by atoms with E-state index in [1.165, 1.54) is 77.4 Å². The number of nitrogens with zero attached hydrogens (tertiary/aromatic N) is 1. The Labute approximate surface area is 107 Å². The van der Waals surface area contributed by atoms with Crippen LogP contribution in [0.3, 0.4) is 0 Å². The van der Waals surface area contributed by atoms with Crippen LogP contribution in [0.2, 0.25) is 0 Å². The van der Waals surface area contributed by atoms with Gasteiger partial charge >= 0.3 is 0 Å². The highest BCUT2D eigenvalue weighted by Crippen LogP contribution is 2.29. The molecule has 0 aromatic rings. The molecule has 17 heavy (non-hydrogen) atoms. The van der Waals surface area contributed by atoms with E-state index in [1.807, 2.05) is 0 Å². The van der Waals surface area contributed by atoms with Crippen molar-refractivity contribution in [1.29, 1.82) is 0 Å². The molecule has 0 unspecified atom stereocenters. The van der Waals surface area contributed by atoms with Gasteiger partial charge in [-0.2, -0.15) is 0 Å². The van der Waals surface area contributed by atoms with Crippen LogP contribution in [0.15, 0.2) is 0 Å². The average molecular weight is 238 g/mol. The van der Waals surface area contributed by atoms with Crippen molar-refractivity contribution >= 4 is 0 Å². The lowest BCUT2D eigenvalue weighted by Crippen LogP contribution is -2.34. The van der Waals surface area contributed by atoms with E-state index in [0.29, 0.717) is 0 Å². The molecule has 100 valence electrons. The standard InChI is InChI=1S/C15H30N2/c16-12-14-6-8-15(9-7-14)13-17-10-4-2-1-3-5-11-17/h14-15H,1-13,16H2. The second-order valence-corrected chi connectivity index (χ2v) is 6.19. The molecule has 0 atom stereocenters. The van der Waals surface area contributed by atoms with Crippen molar-refractivity contribution in [3.05, 3.63) is 0 Å². The van der Waals surface area contributed by atoms with Gasteiger partial charge in [0.05, 0.1) is 0 Å². The van der Waals surface area contributed by atoms with E-state index in [1.54, 1.807) is 0 Å². The molecule has 2 nitrogen and oxygen atoms in total. The third-order valence-electron chi connectivity index (χ3n) is 4.76. The number of nitrogens with two attached hydrogens (primary N) is 1. The van der Waals surface area contributed by atoms with Crippen LogP contribution in [0.1, 0.15) is 57.8 Å². The van der Waals surface area contributed by atoms with E-state index in [4.69, 9.17) is 5.73 Å². The predicted molar refractivity (Wildman–Crippen MR) is 74.0 cm³/mol. The first kappa shape index (κ1) is 13.4. The minimum atomic E-state index is 0.832. The monoisotopic (exact) mass is 238 g/mol. The summed E-state index contributed by atoms with van der Waals surface area (Å²) in [5.41, 5.74) is 5.76. The van der Waals surface area contributed by atoms with Gasteiger partial charge in [0, 0.05) is 6.54 Å². The molecule has 1 saturated carbocycles. The van der Waals surface area contributed by atoms with E-state index >= 15 is 0 Å². The molecule has 2 aliphatic rings. The second kappa shape index (κ2) is 7.38. The first-order chi connectivity index (χ1) is 8.38. The topological polar surface area (TPSA) is 29.3 Å². The fourth-order valence-electron chi connectivity index (χ4n) is 3.51. The highest BCUT2D eigenvalue weighted by atomic mass is 15.1. The molecule has 2 heteroatoms. The summed E-state index contributed by atoms with van der Waals surface area (Å²) in [7, 11) is 0. The van der Waals surface area contributed by atoms with Crippen LogP contribution < -0.4 is 5.73 Å². The van der Waals surface area contributed by atoms with E-state index in [-0.39, 0.29) is 0 Å². The summed E-state index contributed by atoms with van der Waals surface area (Å²) in [5, 5.41) is 0. The largest absolute Gasteiger partial charge is 0.330 e. The molecule has 0 amide bonds. The molecule has 1 saturated heterocycles. The van der Waals surface area contributed by atoms with Gasteiger partial charge in [-0.15, -0.1) is 0 Å². The maximum absolute atomic E-state index is 5.76. The SMILES string of the molecule is NCC1CCC(CN2CCCCCCC2)CC1. The van der Waals surface area contributed by atoms with Gasteiger partial charge in [-0.05, 0) is 70.0 Å². The predicted octanol–water partition coefficient (Wildman–Crippen LogP) is 3.02. The van der Waals surface area contributed by atoms with Crippen LogP contribution in [-0.2, 0) is 0 Å². The summed E-state index contributed by atoms with van der Waals surface area (Å²) in [6, 6.07) is 0. The molecule has 0 bridgehead atoms. The molecule has 1 aliphatic heterocycles. The normalized spacial score (nSPS) is 33.0. The van der Waals surface area contributed by atoms with Crippen LogP contribution in [-0.4, -0.2) is 31.1 Å². The Morgan fingerprint density at radius 2 is 1.29 bits per heavy atom. The number of hydrogen-bond acceptors (Lipinski definition) is 2. The Bertz CT molecular complexity index is 189. The molecule has 2 rings (SSSR count). The van der Waals surface area contributed by atoms with Crippen molar-refractivity contribution in [2.24, 2.45) is 17.6 Å². The Balaban J connectivity index is 1.68. The van der Waals surface area contributed by atoms with Gasteiger partial charge < -0.3 is 10.6 Å².